The number of nitrogens with two attached hydrogens (primary N) is 1. The molecule has 0 rings (SSSR count). The molecule has 0 heterocycles. The average molecular weight is 205 g/mol. The first-order valence-electron chi connectivity index (χ1n) is 5.12. The van der Waals surface area contributed by atoms with Crippen LogP contribution in [0, 0.1) is 0 Å². The topological polar surface area (TPSA) is 44.5 Å². The predicted octanol–water partition coefficient (Wildman–Crippen LogP) is 0.667. The molecule has 0 aliphatic heterocycles. The number of rotatable bonds is 8. The van der Waals surface area contributed by atoms with Crippen LogP contribution in [0.3, 0.4) is 0 Å². The van der Waals surface area contributed by atoms with Gasteiger partial charge in [-0.2, -0.15) is 0 Å². The van der Waals surface area contributed by atoms with Gasteiger partial charge in [-0.25, -0.2) is 0 Å². The van der Waals surface area contributed by atoms with Crippen LogP contribution in [0.4, 0.5) is 0 Å². The van der Waals surface area contributed by atoms with Gasteiger partial charge in [-0.1, -0.05) is 13.0 Å². The van der Waals surface area contributed by atoms with Gasteiger partial charge in [-0.3, -0.25) is 0 Å². The Balaban J connectivity index is 3.42. The molecule has 0 aromatic rings. The van der Waals surface area contributed by atoms with Crippen molar-refractivity contribution in [3.05, 3.63) is 0 Å². The molecule has 0 fully saturated rings. The van der Waals surface area contributed by atoms with Crippen LogP contribution in [0.25, 0.3) is 0 Å². The number of hydrogen-bond acceptors (Lipinski definition) is 3. The fraction of sp³-hybridized carbons (Fsp3) is 1.00. The van der Waals surface area contributed by atoms with Crippen LogP contribution in [0.2, 0.25) is 6.04 Å². The van der Waals surface area contributed by atoms with Gasteiger partial charge in [-0.05, 0) is 26.3 Å². The predicted molar refractivity (Wildman–Crippen MR) is 58.7 cm³/mol. The molecule has 2 atom stereocenters. The van der Waals surface area contributed by atoms with Gasteiger partial charge >= 0.3 is 0 Å². The molecule has 0 amide bonds. The molecule has 0 aromatic heterocycles. The maximum absolute atomic E-state index is 5.69. The minimum atomic E-state index is -0.119. The Morgan fingerprint density at radius 1 is 1.46 bits per heavy atom. The molecule has 0 radical (unpaired) electrons. The standard InChI is InChI=1S/C9H23NO2Si/c1-4-9(11-3)12-8(2)13-7-5-6-10/h8-9H,4-7,10,13H2,1-3H3. The monoisotopic (exact) mass is 205 g/mol. The van der Waals surface area contributed by atoms with E-state index in [0.29, 0.717) is 5.73 Å². The largest absolute Gasteiger partial charge is 0.356 e. The fourth-order valence-electron chi connectivity index (χ4n) is 1.22. The van der Waals surface area contributed by atoms with E-state index in [0.717, 1.165) is 19.4 Å². The second-order valence-electron chi connectivity index (χ2n) is 3.30. The summed E-state index contributed by atoms with van der Waals surface area (Å²) >= 11 is 0. The highest BCUT2D eigenvalue weighted by atomic mass is 28.2. The smallest absolute Gasteiger partial charge is 0.156 e. The van der Waals surface area contributed by atoms with E-state index < -0.39 is 0 Å². The Kier molecular flexibility index (Phi) is 8.75. The maximum Gasteiger partial charge on any atom is 0.156 e. The minimum Gasteiger partial charge on any atom is -0.356 e. The van der Waals surface area contributed by atoms with E-state index in [9.17, 15) is 0 Å². The molecule has 0 saturated heterocycles. The van der Waals surface area contributed by atoms with Crippen molar-refractivity contribution >= 4 is 9.52 Å². The van der Waals surface area contributed by atoms with Crippen molar-refractivity contribution in [2.24, 2.45) is 5.73 Å². The first kappa shape index (κ1) is 13.1. The lowest BCUT2D eigenvalue weighted by molar-refractivity contribution is -0.133. The Morgan fingerprint density at radius 3 is 2.62 bits per heavy atom. The quantitative estimate of drug-likeness (QED) is 0.360. The van der Waals surface area contributed by atoms with Crippen LogP contribution in [0.1, 0.15) is 26.7 Å². The van der Waals surface area contributed by atoms with Crippen molar-refractivity contribution in [3.63, 3.8) is 0 Å². The van der Waals surface area contributed by atoms with Crippen LogP contribution in [-0.2, 0) is 9.47 Å². The van der Waals surface area contributed by atoms with E-state index in [-0.39, 0.29) is 15.8 Å². The van der Waals surface area contributed by atoms with Gasteiger partial charge in [-0.15, -0.1) is 0 Å². The van der Waals surface area contributed by atoms with Gasteiger partial charge in [0, 0.05) is 12.8 Å². The average Bonchev–Trinajstić information content (AvgIpc) is 2.14. The summed E-state index contributed by atoms with van der Waals surface area (Å²) in [5.41, 5.74) is 5.84. The summed E-state index contributed by atoms with van der Waals surface area (Å²) in [6, 6.07) is 1.28. The molecule has 0 spiro atoms. The van der Waals surface area contributed by atoms with Crippen molar-refractivity contribution < 1.29 is 9.47 Å². The van der Waals surface area contributed by atoms with E-state index in [4.69, 9.17) is 15.2 Å². The van der Waals surface area contributed by atoms with Crippen LogP contribution in [-0.4, -0.2) is 35.2 Å². The first-order valence-corrected chi connectivity index (χ1v) is 6.94. The van der Waals surface area contributed by atoms with Gasteiger partial charge in [0.25, 0.3) is 0 Å². The van der Waals surface area contributed by atoms with Gasteiger partial charge in [0.05, 0.1) is 9.52 Å². The van der Waals surface area contributed by atoms with E-state index in [1.807, 2.05) is 0 Å². The van der Waals surface area contributed by atoms with Gasteiger partial charge in [0.2, 0.25) is 0 Å². The summed E-state index contributed by atoms with van der Waals surface area (Å²) in [4.78, 5) is 0. The molecular weight excluding hydrogens is 182 g/mol. The van der Waals surface area contributed by atoms with E-state index in [2.05, 4.69) is 13.8 Å². The van der Waals surface area contributed by atoms with Crippen molar-refractivity contribution in [3.8, 4) is 0 Å². The van der Waals surface area contributed by atoms with Crippen molar-refractivity contribution in [2.75, 3.05) is 13.7 Å². The second-order valence-corrected chi connectivity index (χ2v) is 5.74. The van der Waals surface area contributed by atoms with Crippen molar-refractivity contribution in [2.45, 2.75) is 44.8 Å². The number of ether oxygens (including phenoxy) is 2. The summed E-state index contributed by atoms with van der Waals surface area (Å²) in [5, 5.41) is 0. The molecule has 3 nitrogen and oxygen atoms in total. The van der Waals surface area contributed by atoms with E-state index >= 15 is 0 Å². The molecule has 0 bridgehead atoms. The molecule has 0 aliphatic carbocycles. The lowest BCUT2D eigenvalue weighted by atomic mass is 10.5. The third-order valence-electron chi connectivity index (χ3n) is 2.05. The molecule has 80 valence electrons. The second kappa shape index (κ2) is 8.68. The van der Waals surface area contributed by atoms with E-state index in [1.165, 1.54) is 6.04 Å². The SMILES string of the molecule is CCC(OC)OC(C)[SiH2]CCCN. The third kappa shape index (κ3) is 7.19. The van der Waals surface area contributed by atoms with Crippen LogP contribution < -0.4 is 5.73 Å². The summed E-state index contributed by atoms with van der Waals surface area (Å²) in [7, 11) is 1.58. The number of hydrogen-bond donors (Lipinski definition) is 1. The van der Waals surface area contributed by atoms with Gasteiger partial charge < -0.3 is 15.2 Å². The third-order valence-corrected chi connectivity index (χ3v) is 3.96. The Labute approximate surface area is 83.8 Å². The Hall–Kier alpha value is 0.0969. The van der Waals surface area contributed by atoms with Gasteiger partial charge in [0.15, 0.2) is 6.29 Å². The highest BCUT2D eigenvalue weighted by Gasteiger charge is 2.09. The van der Waals surface area contributed by atoms with Gasteiger partial charge in [0.1, 0.15) is 0 Å². The van der Waals surface area contributed by atoms with Crippen LogP contribution in [0.5, 0.6) is 0 Å². The van der Waals surface area contributed by atoms with Crippen LogP contribution in [0.15, 0.2) is 0 Å². The highest BCUT2D eigenvalue weighted by Crippen LogP contribution is 2.04. The molecular formula is C9H23NO2Si. The summed E-state index contributed by atoms with van der Waals surface area (Å²) in [5.74, 6) is 0. The summed E-state index contributed by atoms with van der Waals surface area (Å²) in [6.07, 6.45) is 2.05. The zero-order valence-corrected chi connectivity index (χ0v) is 10.5. The maximum atomic E-state index is 5.69. The number of methoxy groups -OCH3 is 1. The fourth-order valence-corrected chi connectivity index (χ4v) is 2.72. The summed E-state index contributed by atoms with van der Waals surface area (Å²) in [6.45, 7) is 5.02. The molecule has 4 heteroatoms. The van der Waals surface area contributed by atoms with Crippen molar-refractivity contribution in [1.82, 2.24) is 0 Å². The van der Waals surface area contributed by atoms with E-state index in [1.54, 1.807) is 7.11 Å². The minimum absolute atomic E-state index is 0.0135. The Bertz CT molecular complexity index is 110. The molecule has 2 N–H and O–H groups in total. The molecule has 13 heavy (non-hydrogen) atoms. The molecule has 0 saturated carbocycles. The molecule has 0 aliphatic rings. The Morgan fingerprint density at radius 2 is 2.15 bits per heavy atom. The van der Waals surface area contributed by atoms with Crippen molar-refractivity contribution in [1.29, 1.82) is 0 Å². The van der Waals surface area contributed by atoms with Crippen LogP contribution >= 0.6 is 0 Å². The summed E-state index contributed by atoms with van der Waals surface area (Å²) < 4.78 is 10.8. The first-order chi connectivity index (χ1) is 6.24. The lowest BCUT2D eigenvalue weighted by Crippen LogP contribution is -2.25. The normalized spacial score (nSPS) is 16.6. The molecule has 0 aromatic carbocycles. The zero-order chi connectivity index (χ0) is 10.1. The lowest BCUT2D eigenvalue weighted by Gasteiger charge is -2.19. The zero-order valence-electron chi connectivity index (χ0n) is 9.08. The highest BCUT2D eigenvalue weighted by molar-refractivity contribution is 6.37. The molecule has 2 unspecified atom stereocenters.